The Morgan fingerprint density at radius 3 is 2.19 bits per heavy atom. The van der Waals surface area contributed by atoms with Gasteiger partial charge in [-0.1, -0.05) is 48.5 Å². The second-order valence-electron chi connectivity index (χ2n) is 7.00. The zero-order chi connectivity index (χ0) is 23.0. The average Bonchev–Trinajstić information content (AvgIpc) is 2.83. The molecule has 3 rings (SSSR count). The molecular weight excluding hydrogens is 428 g/mol. The number of carbonyl (C=O) groups excluding carboxylic acids is 1. The number of carbonyl (C=O) groups is 1. The van der Waals surface area contributed by atoms with Crippen LogP contribution in [-0.2, 0) is 21.2 Å². The molecule has 0 bridgehead atoms. The normalized spacial score (nSPS) is 11.2. The summed E-state index contributed by atoms with van der Waals surface area (Å²) in [6.45, 7) is -0.173. The van der Waals surface area contributed by atoms with Gasteiger partial charge < -0.3 is 14.8 Å². The molecule has 168 valence electrons. The quantitative estimate of drug-likeness (QED) is 0.506. The van der Waals surface area contributed by atoms with E-state index < -0.39 is 15.9 Å². The molecule has 8 heteroatoms. The van der Waals surface area contributed by atoms with Gasteiger partial charge in [-0.15, -0.1) is 0 Å². The number of hydrogen-bond acceptors (Lipinski definition) is 5. The highest BCUT2D eigenvalue weighted by Crippen LogP contribution is 2.29. The third-order valence-corrected chi connectivity index (χ3v) is 6.74. The number of nitrogens with zero attached hydrogens (tertiary/aromatic N) is 1. The minimum absolute atomic E-state index is 0.142. The van der Waals surface area contributed by atoms with Crippen molar-refractivity contribution in [2.24, 2.45) is 0 Å². The first-order valence-corrected chi connectivity index (χ1v) is 11.5. The maximum Gasteiger partial charge on any atom is 0.243 e. The summed E-state index contributed by atoms with van der Waals surface area (Å²) in [7, 11) is -0.847. The first-order valence-electron chi connectivity index (χ1n) is 10.0. The zero-order valence-electron chi connectivity index (χ0n) is 18.0. The van der Waals surface area contributed by atoms with E-state index in [-0.39, 0.29) is 18.0 Å². The molecule has 0 aliphatic heterocycles. The summed E-state index contributed by atoms with van der Waals surface area (Å²) in [5.74, 6) is 0.525. The van der Waals surface area contributed by atoms with Crippen LogP contribution in [0, 0.1) is 0 Å². The predicted octanol–water partition coefficient (Wildman–Crippen LogP) is 3.58. The summed E-state index contributed by atoms with van der Waals surface area (Å²) < 4.78 is 38.2. The molecular formula is C24H26N2O5S. The fourth-order valence-electron chi connectivity index (χ4n) is 3.18. The minimum Gasteiger partial charge on any atom is -0.497 e. The van der Waals surface area contributed by atoms with Gasteiger partial charge in [0.15, 0.2) is 0 Å². The summed E-state index contributed by atoms with van der Waals surface area (Å²) in [6, 6.07) is 22.6. The molecule has 32 heavy (non-hydrogen) atoms. The topological polar surface area (TPSA) is 84.9 Å². The van der Waals surface area contributed by atoms with E-state index in [0.717, 1.165) is 5.56 Å². The summed E-state index contributed by atoms with van der Waals surface area (Å²) in [5.41, 5.74) is 1.41. The van der Waals surface area contributed by atoms with Crippen molar-refractivity contribution in [2.75, 3.05) is 32.6 Å². The Morgan fingerprint density at radius 2 is 1.56 bits per heavy atom. The lowest BCUT2D eigenvalue weighted by molar-refractivity contribution is -0.116. The van der Waals surface area contributed by atoms with Crippen LogP contribution in [0.4, 0.5) is 5.69 Å². The molecule has 0 aliphatic carbocycles. The third-order valence-electron chi connectivity index (χ3n) is 4.88. The number of nitrogens with one attached hydrogen (secondary N) is 1. The van der Waals surface area contributed by atoms with Crippen molar-refractivity contribution in [2.45, 2.75) is 11.3 Å². The van der Waals surface area contributed by atoms with Crippen LogP contribution in [0.3, 0.4) is 0 Å². The monoisotopic (exact) mass is 454 g/mol. The van der Waals surface area contributed by atoms with Crippen LogP contribution in [0.25, 0.3) is 0 Å². The Bertz CT molecular complexity index is 1140. The van der Waals surface area contributed by atoms with Crippen LogP contribution in [0.1, 0.15) is 5.56 Å². The number of amides is 1. The van der Waals surface area contributed by atoms with Crippen molar-refractivity contribution < 1.29 is 22.7 Å². The van der Waals surface area contributed by atoms with Crippen molar-refractivity contribution in [3.8, 4) is 11.5 Å². The highest BCUT2D eigenvalue weighted by Gasteiger charge is 2.26. The van der Waals surface area contributed by atoms with Gasteiger partial charge >= 0.3 is 0 Å². The van der Waals surface area contributed by atoms with E-state index >= 15 is 0 Å². The zero-order valence-corrected chi connectivity index (χ0v) is 18.8. The molecule has 0 radical (unpaired) electrons. The number of hydrogen-bond donors (Lipinski definition) is 1. The molecule has 7 nitrogen and oxygen atoms in total. The third kappa shape index (κ3) is 5.87. The second-order valence-corrected chi connectivity index (χ2v) is 8.94. The number of ether oxygens (including phenoxy) is 2. The molecule has 1 N–H and O–H groups in total. The molecule has 0 heterocycles. The van der Waals surface area contributed by atoms with E-state index in [1.165, 1.54) is 30.7 Å². The lowest BCUT2D eigenvalue weighted by Gasteiger charge is -2.22. The van der Waals surface area contributed by atoms with Gasteiger partial charge in [0.25, 0.3) is 0 Å². The van der Waals surface area contributed by atoms with Crippen molar-refractivity contribution >= 4 is 21.6 Å². The Labute approximate surface area is 188 Å². The molecule has 0 aromatic heterocycles. The van der Waals surface area contributed by atoms with Crippen molar-refractivity contribution in [1.82, 2.24) is 4.31 Å². The van der Waals surface area contributed by atoms with Crippen molar-refractivity contribution in [1.29, 1.82) is 0 Å². The highest BCUT2D eigenvalue weighted by atomic mass is 32.2. The molecule has 3 aromatic rings. The first-order chi connectivity index (χ1) is 15.4. The smallest absolute Gasteiger partial charge is 0.243 e. The second kappa shape index (κ2) is 10.8. The van der Waals surface area contributed by atoms with Gasteiger partial charge in [0.2, 0.25) is 15.9 Å². The minimum atomic E-state index is -3.86. The molecule has 0 aliphatic rings. The molecule has 1 amide bonds. The Kier molecular flexibility index (Phi) is 7.86. The number of methoxy groups -OCH3 is 2. The molecule has 0 spiro atoms. The molecule has 0 atom stereocenters. The van der Waals surface area contributed by atoms with E-state index in [9.17, 15) is 13.2 Å². The standard InChI is InChI=1S/C24H26N2O5S/c1-30-20-13-14-22(23(17-20)31-2)25-24(27)18-26(16-15-19-9-5-3-6-10-19)32(28,29)21-11-7-4-8-12-21/h3-14,17H,15-16,18H2,1-2H3,(H,25,27). The van der Waals surface area contributed by atoms with Gasteiger partial charge in [-0.05, 0) is 36.2 Å². The molecule has 3 aromatic carbocycles. The maximum absolute atomic E-state index is 13.3. The number of benzene rings is 3. The van der Waals surface area contributed by atoms with Gasteiger partial charge in [0.05, 0.1) is 31.3 Å². The van der Waals surface area contributed by atoms with Gasteiger partial charge in [-0.2, -0.15) is 4.31 Å². The van der Waals surface area contributed by atoms with Crippen LogP contribution >= 0.6 is 0 Å². The van der Waals surface area contributed by atoms with E-state index in [4.69, 9.17) is 9.47 Å². The first kappa shape index (κ1) is 23.3. The van der Waals surface area contributed by atoms with Gasteiger partial charge in [0, 0.05) is 12.6 Å². The lowest BCUT2D eigenvalue weighted by Crippen LogP contribution is -2.39. The Morgan fingerprint density at radius 1 is 0.906 bits per heavy atom. The van der Waals surface area contributed by atoms with Crippen LogP contribution in [0.5, 0.6) is 11.5 Å². The average molecular weight is 455 g/mol. The number of sulfonamides is 1. The van der Waals surface area contributed by atoms with Gasteiger partial charge in [-0.3, -0.25) is 4.79 Å². The van der Waals surface area contributed by atoms with E-state index in [2.05, 4.69) is 5.32 Å². The van der Waals surface area contributed by atoms with E-state index in [1.54, 1.807) is 36.4 Å². The van der Waals surface area contributed by atoms with Crippen LogP contribution in [-0.4, -0.2) is 45.9 Å². The maximum atomic E-state index is 13.3. The summed E-state index contributed by atoms with van der Waals surface area (Å²) in [4.78, 5) is 13.0. The van der Waals surface area contributed by atoms with Crippen molar-refractivity contribution in [3.05, 3.63) is 84.4 Å². The van der Waals surface area contributed by atoms with Crippen LogP contribution in [0.2, 0.25) is 0 Å². The molecule has 0 saturated heterocycles. The molecule has 0 unspecified atom stereocenters. The number of rotatable bonds is 10. The van der Waals surface area contributed by atoms with Crippen molar-refractivity contribution in [3.63, 3.8) is 0 Å². The van der Waals surface area contributed by atoms with Gasteiger partial charge in [-0.25, -0.2) is 8.42 Å². The summed E-state index contributed by atoms with van der Waals surface area (Å²) in [5, 5.41) is 2.74. The molecule has 0 saturated carbocycles. The Hall–Kier alpha value is -3.36. The highest BCUT2D eigenvalue weighted by molar-refractivity contribution is 7.89. The fourth-order valence-corrected chi connectivity index (χ4v) is 4.59. The predicted molar refractivity (Wildman–Crippen MR) is 124 cm³/mol. The SMILES string of the molecule is COc1ccc(NC(=O)CN(CCc2ccccc2)S(=O)(=O)c2ccccc2)c(OC)c1. The van der Waals surface area contributed by atoms with Gasteiger partial charge in [0.1, 0.15) is 11.5 Å². The van der Waals surface area contributed by atoms with E-state index in [1.807, 2.05) is 30.3 Å². The molecule has 0 fully saturated rings. The largest absolute Gasteiger partial charge is 0.497 e. The lowest BCUT2D eigenvalue weighted by atomic mass is 10.1. The van der Waals surface area contributed by atoms with E-state index in [0.29, 0.717) is 23.6 Å². The summed E-state index contributed by atoms with van der Waals surface area (Å²) >= 11 is 0. The van der Waals surface area contributed by atoms with Crippen LogP contribution in [0.15, 0.2) is 83.8 Å². The van der Waals surface area contributed by atoms with Crippen LogP contribution < -0.4 is 14.8 Å². The fraction of sp³-hybridized carbons (Fsp3) is 0.208. The number of anilines is 1. The Balaban J connectivity index is 1.81. The summed E-state index contributed by atoms with van der Waals surface area (Å²) in [6.07, 6.45) is 0.478.